The fourth-order valence-corrected chi connectivity index (χ4v) is 1.04. The van der Waals surface area contributed by atoms with Gasteiger partial charge >= 0.3 is 0 Å². The second-order valence-electron chi connectivity index (χ2n) is 2.41. The summed E-state index contributed by atoms with van der Waals surface area (Å²) in [5.41, 5.74) is 0.120. The van der Waals surface area contributed by atoms with Crippen LogP contribution < -0.4 is 5.32 Å². The van der Waals surface area contributed by atoms with Crippen LogP contribution in [0.5, 0.6) is 0 Å². The van der Waals surface area contributed by atoms with Gasteiger partial charge < -0.3 is 5.32 Å². The molecular formula is C7H10BrN. The lowest BCUT2D eigenvalue weighted by Gasteiger charge is -2.25. The predicted octanol–water partition coefficient (Wildman–Crippen LogP) is 1.81. The molecule has 1 N–H and O–H groups in total. The van der Waals surface area contributed by atoms with Gasteiger partial charge in [0.05, 0.1) is 5.54 Å². The van der Waals surface area contributed by atoms with E-state index in [1.54, 1.807) is 0 Å². The maximum atomic E-state index is 3.42. The highest BCUT2D eigenvalue weighted by Gasteiger charge is 2.17. The summed E-state index contributed by atoms with van der Waals surface area (Å²) >= 11 is 3.42. The first kappa shape index (κ1) is 6.87. The molecule has 0 fully saturated rings. The van der Waals surface area contributed by atoms with Gasteiger partial charge in [-0.05, 0) is 19.2 Å². The topological polar surface area (TPSA) is 12.0 Å². The van der Waals surface area contributed by atoms with E-state index in [0.29, 0.717) is 0 Å². The van der Waals surface area contributed by atoms with E-state index in [1.165, 1.54) is 0 Å². The van der Waals surface area contributed by atoms with Crippen LogP contribution in [0, 0.1) is 0 Å². The largest absolute Gasteiger partial charge is 0.381 e. The van der Waals surface area contributed by atoms with E-state index in [2.05, 4.69) is 40.3 Å². The van der Waals surface area contributed by atoms with Gasteiger partial charge in [0.1, 0.15) is 0 Å². The van der Waals surface area contributed by atoms with Crippen molar-refractivity contribution in [3.05, 3.63) is 24.4 Å². The van der Waals surface area contributed by atoms with Gasteiger partial charge in [0, 0.05) is 5.33 Å². The summed E-state index contributed by atoms with van der Waals surface area (Å²) in [6.45, 7) is 2.14. The quantitative estimate of drug-likeness (QED) is 0.619. The summed E-state index contributed by atoms with van der Waals surface area (Å²) < 4.78 is 0. The molecular weight excluding hydrogens is 178 g/mol. The third kappa shape index (κ3) is 1.58. The Hall–Kier alpha value is -0.240. The van der Waals surface area contributed by atoms with Crippen LogP contribution in [0.4, 0.5) is 0 Å². The van der Waals surface area contributed by atoms with Crippen LogP contribution in [0.15, 0.2) is 24.4 Å². The molecule has 50 valence electrons. The van der Waals surface area contributed by atoms with E-state index >= 15 is 0 Å². The number of nitrogens with one attached hydrogen (secondary N) is 1. The lowest BCUT2D eigenvalue weighted by molar-refractivity contribution is 0.561. The van der Waals surface area contributed by atoms with Gasteiger partial charge in [-0.1, -0.05) is 28.1 Å². The Morgan fingerprint density at radius 1 is 1.56 bits per heavy atom. The molecule has 9 heavy (non-hydrogen) atoms. The van der Waals surface area contributed by atoms with Crippen molar-refractivity contribution in [2.75, 3.05) is 5.33 Å². The Morgan fingerprint density at radius 2 is 2.33 bits per heavy atom. The van der Waals surface area contributed by atoms with Crippen molar-refractivity contribution in [2.45, 2.75) is 12.5 Å². The summed E-state index contributed by atoms with van der Waals surface area (Å²) in [4.78, 5) is 0. The molecule has 1 atom stereocenters. The molecule has 1 aliphatic heterocycles. The fraction of sp³-hybridized carbons (Fsp3) is 0.429. The van der Waals surface area contributed by atoms with Crippen molar-refractivity contribution in [3.8, 4) is 0 Å². The average molecular weight is 188 g/mol. The zero-order valence-corrected chi connectivity index (χ0v) is 6.98. The minimum Gasteiger partial charge on any atom is -0.381 e. The highest BCUT2D eigenvalue weighted by Crippen LogP contribution is 2.12. The molecule has 0 saturated carbocycles. The lowest BCUT2D eigenvalue weighted by atomic mass is 10.0. The minimum absolute atomic E-state index is 0.120. The van der Waals surface area contributed by atoms with Crippen molar-refractivity contribution in [1.82, 2.24) is 5.32 Å². The highest BCUT2D eigenvalue weighted by atomic mass is 79.9. The van der Waals surface area contributed by atoms with Gasteiger partial charge in [-0.25, -0.2) is 0 Å². The van der Waals surface area contributed by atoms with E-state index < -0.39 is 0 Å². The molecule has 1 rings (SSSR count). The van der Waals surface area contributed by atoms with Crippen LogP contribution in [0.1, 0.15) is 6.92 Å². The second kappa shape index (κ2) is 2.56. The van der Waals surface area contributed by atoms with E-state index in [4.69, 9.17) is 0 Å². The van der Waals surface area contributed by atoms with E-state index in [0.717, 1.165) is 5.33 Å². The van der Waals surface area contributed by atoms with Crippen LogP contribution in [0.3, 0.4) is 0 Å². The van der Waals surface area contributed by atoms with Crippen LogP contribution >= 0.6 is 15.9 Å². The van der Waals surface area contributed by atoms with Gasteiger partial charge in [0.2, 0.25) is 0 Å². The Bertz CT molecular complexity index is 151. The van der Waals surface area contributed by atoms with Crippen molar-refractivity contribution in [3.63, 3.8) is 0 Å². The van der Waals surface area contributed by atoms with Gasteiger partial charge in [-0.15, -0.1) is 0 Å². The molecule has 1 unspecified atom stereocenters. The normalized spacial score (nSPS) is 32.2. The predicted molar refractivity (Wildman–Crippen MR) is 43.6 cm³/mol. The summed E-state index contributed by atoms with van der Waals surface area (Å²) in [5, 5.41) is 4.18. The maximum Gasteiger partial charge on any atom is 0.0622 e. The number of allylic oxidation sites excluding steroid dienone is 2. The van der Waals surface area contributed by atoms with Crippen LogP contribution in [0.25, 0.3) is 0 Å². The third-order valence-corrected chi connectivity index (χ3v) is 2.53. The third-order valence-electron chi connectivity index (χ3n) is 1.36. The van der Waals surface area contributed by atoms with Crippen molar-refractivity contribution >= 4 is 15.9 Å². The summed E-state index contributed by atoms with van der Waals surface area (Å²) in [6.07, 6.45) is 8.14. The average Bonchev–Trinajstić information content (AvgIpc) is 1.90. The Kier molecular flexibility index (Phi) is 1.96. The van der Waals surface area contributed by atoms with E-state index in [-0.39, 0.29) is 5.54 Å². The smallest absolute Gasteiger partial charge is 0.0622 e. The molecule has 1 heterocycles. The van der Waals surface area contributed by atoms with Crippen molar-refractivity contribution < 1.29 is 0 Å². The number of hydrogen-bond donors (Lipinski definition) is 1. The molecule has 0 saturated heterocycles. The number of dihydropyridines is 1. The van der Waals surface area contributed by atoms with Gasteiger partial charge in [0.15, 0.2) is 0 Å². The Labute approximate surface area is 64.0 Å². The zero-order valence-electron chi connectivity index (χ0n) is 5.39. The molecule has 0 aliphatic carbocycles. The zero-order chi connectivity index (χ0) is 6.74. The monoisotopic (exact) mass is 187 g/mol. The molecule has 0 amide bonds. The SMILES string of the molecule is CC1(CBr)C=CC=CN1. The summed E-state index contributed by atoms with van der Waals surface area (Å²) in [7, 11) is 0. The first-order valence-corrected chi connectivity index (χ1v) is 4.07. The molecule has 2 heteroatoms. The molecule has 1 nitrogen and oxygen atoms in total. The fourth-order valence-electron chi connectivity index (χ4n) is 0.693. The lowest BCUT2D eigenvalue weighted by Crippen LogP contribution is -2.39. The summed E-state index contributed by atoms with van der Waals surface area (Å²) in [6, 6.07) is 0. The minimum atomic E-state index is 0.120. The van der Waals surface area contributed by atoms with Gasteiger partial charge in [-0.2, -0.15) is 0 Å². The maximum absolute atomic E-state index is 3.42. The highest BCUT2D eigenvalue weighted by molar-refractivity contribution is 9.09. The van der Waals surface area contributed by atoms with Crippen molar-refractivity contribution in [1.29, 1.82) is 0 Å². The number of alkyl halides is 1. The molecule has 0 aromatic carbocycles. The van der Waals surface area contributed by atoms with Crippen LogP contribution in [-0.4, -0.2) is 10.9 Å². The standard InChI is InChI=1S/C7H10BrN/c1-7(6-8)4-2-3-5-9-7/h2-5,9H,6H2,1H3. The molecule has 1 aliphatic rings. The van der Waals surface area contributed by atoms with Crippen LogP contribution in [-0.2, 0) is 0 Å². The first-order chi connectivity index (χ1) is 4.27. The summed E-state index contributed by atoms with van der Waals surface area (Å²) in [5.74, 6) is 0. The molecule has 0 radical (unpaired) electrons. The van der Waals surface area contributed by atoms with E-state index in [1.807, 2.05) is 12.3 Å². The first-order valence-electron chi connectivity index (χ1n) is 2.95. The van der Waals surface area contributed by atoms with Gasteiger partial charge in [-0.3, -0.25) is 0 Å². The number of hydrogen-bond acceptors (Lipinski definition) is 1. The molecule has 0 spiro atoms. The number of rotatable bonds is 1. The van der Waals surface area contributed by atoms with Gasteiger partial charge in [0.25, 0.3) is 0 Å². The molecule has 0 bridgehead atoms. The second-order valence-corrected chi connectivity index (χ2v) is 2.97. The van der Waals surface area contributed by atoms with Crippen molar-refractivity contribution in [2.24, 2.45) is 0 Å². The Balaban J connectivity index is 2.63. The Morgan fingerprint density at radius 3 is 2.67 bits per heavy atom. The van der Waals surface area contributed by atoms with Crippen LogP contribution in [0.2, 0.25) is 0 Å². The van der Waals surface area contributed by atoms with E-state index in [9.17, 15) is 0 Å². The molecule has 0 aromatic heterocycles. The number of halogens is 1. The molecule has 0 aromatic rings.